The predicted molar refractivity (Wildman–Crippen MR) is 234 cm³/mol. The molecule has 0 radical (unpaired) electrons. The van der Waals surface area contributed by atoms with Gasteiger partial charge in [-0.1, -0.05) is 159 Å². The molecule has 8 aromatic carbocycles. The Morgan fingerprint density at radius 2 is 1.23 bits per heavy atom. The lowest BCUT2D eigenvalue weighted by atomic mass is 9.81. The molecule has 2 unspecified atom stereocenters. The van der Waals surface area contributed by atoms with Gasteiger partial charge in [0, 0.05) is 16.2 Å². The first kappa shape index (κ1) is 34.0. The van der Waals surface area contributed by atoms with Crippen LogP contribution >= 0.6 is 0 Å². The van der Waals surface area contributed by atoms with Crippen molar-refractivity contribution in [2.75, 3.05) is 0 Å². The van der Waals surface area contributed by atoms with Crippen molar-refractivity contribution in [3.63, 3.8) is 0 Å². The fourth-order valence-electron chi connectivity index (χ4n) is 8.76. The number of furan rings is 1. The van der Waals surface area contributed by atoms with Crippen molar-refractivity contribution in [2.24, 2.45) is 5.73 Å². The second-order valence-corrected chi connectivity index (χ2v) is 15.5. The Hall–Kier alpha value is -6.52. The molecule has 270 valence electrons. The van der Waals surface area contributed by atoms with Crippen molar-refractivity contribution in [2.45, 2.75) is 31.5 Å². The third-order valence-electron chi connectivity index (χ3n) is 11.7. The van der Waals surface area contributed by atoms with Crippen molar-refractivity contribution in [1.29, 1.82) is 0 Å². The van der Waals surface area contributed by atoms with E-state index in [9.17, 15) is 0 Å². The summed E-state index contributed by atoms with van der Waals surface area (Å²) in [5.74, 6) is 0. The summed E-state index contributed by atoms with van der Waals surface area (Å²) in [6.45, 7) is 4.71. The van der Waals surface area contributed by atoms with Crippen LogP contribution in [-0.2, 0) is 5.41 Å². The molecule has 0 saturated carbocycles. The van der Waals surface area contributed by atoms with Crippen LogP contribution in [0, 0.1) is 0 Å². The molecule has 0 bridgehead atoms. The van der Waals surface area contributed by atoms with E-state index in [0.717, 1.165) is 49.8 Å². The first-order chi connectivity index (χ1) is 27.4. The summed E-state index contributed by atoms with van der Waals surface area (Å²) in [5, 5.41) is 8.54. The van der Waals surface area contributed by atoms with Gasteiger partial charge in [0.1, 0.15) is 11.2 Å². The van der Waals surface area contributed by atoms with E-state index < -0.39 is 0 Å². The van der Waals surface area contributed by atoms with Gasteiger partial charge in [-0.15, -0.1) is 0 Å². The van der Waals surface area contributed by atoms with Crippen LogP contribution in [0.2, 0.25) is 0 Å². The molecule has 0 saturated heterocycles. The molecule has 1 heterocycles. The minimum absolute atomic E-state index is 0.0920. The second-order valence-electron chi connectivity index (χ2n) is 15.5. The minimum Gasteiger partial charge on any atom is -0.456 e. The van der Waals surface area contributed by atoms with E-state index in [1.807, 2.05) is 30.3 Å². The zero-order valence-corrected chi connectivity index (χ0v) is 31.5. The maximum Gasteiger partial charge on any atom is 0.135 e. The normalized spacial score (nSPS) is 14.3. The highest BCUT2D eigenvalue weighted by Crippen LogP contribution is 2.53. The molecular weight excluding hydrogens is 681 g/mol. The van der Waals surface area contributed by atoms with E-state index in [1.165, 1.54) is 44.2 Å². The quantitative estimate of drug-likeness (QED) is 0.154. The maximum absolute atomic E-state index is 6.85. The summed E-state index contributed by atoms with van der Waals surface area (Å²) in [7, 11) is 0. The monoisotopic (exact) mass is 722 g/mol. The highest BCUT2D eigenvalue weighted by molar-refractivity contribution is 6.06. The van der Waals surface area contributed by atoms with Crippen LogP contribution in [0.15, 0.2) is 186 Å². The molecule has 2 atom stereocenters. The molecule has 0 amide bonds. The lowest BCUT2D eigenvalue weighted by Gasteiger charge is -2.22. The molecule has 10 rings (SSSR count). The summed E-state index contributed by atoms with van der Waals surface area (Å²) in [4.78, 5) is 0. The number of para-hydroxylation sites is 1. The van der Waals surface area contributed by atoms with Gasteiger partial charge in [0.25, 0.3) is 0 Å². The molecule has 9 aromatic rings. The predicted octanol–water partition coefficient (Wildman–Crippen LogP) is 13.4. The van der Waals surface area contributed by atoms with Gasteiger partial charge in [-0.2, -0.15) is 0 Å². The van der Waals surface area contributed by atoms with Crippen molar-refractivity contribution >= 4 is 38.8 Å². The number of hydrogen-bond acceptors (Lipinski definition) is 3. The Kier molecular flexibility index (Phi) is 8.29. The third-order valence-corrected chi connectivity index (χ3v) is 11.7. The van der Waals surface area contributed by atoms with Crippen LogP contribution in [0.5, 0.6) is 0 Å². The summed E-state index contributed by atoms with van der Waals surface area (Å²) < 4.78 is 6.13. The van der Waals surface area contributed by atoms with E-state index in [4.69, 9.17) is 10.2 Å². The highest BCUT2D eigenvalue weighted by Gasteiger charge is 2.37. The minimum atomic E-state index is -0.360. The van der Waals surface area contributed by atoms with Gasteiger partial charge in [0.05, 0.1) is 12.2 Å². The van der Waals surface area contributed by atoms with E-state index in [2.05, 4.69) is 177 Å². The van der Waals surface area contributed by atoms with Gasteiger partial charge in [0.2, 0.25) is 0 Å². The zero-order valence-electron chi connectivity index (χ0n) is 31.5. The third kappa shape index (κ3) is 5.93. The SMILES string of the molecule is CC1(C)c2cc3ccccc3cc2-c2c(-c3cccc(/C=C/C(NC(N)c4ccccc4)c4cccc(-c5ccc6oc7ccccc7c6c5)c4)c3)cccc21. The molecule has 1 aliphatic carbocycles. The summed E-state index contributed by atoms with van der Waals surface area (Å²) in [5.41, 5.74) is 22.0. The van der Waals surface area contributed by atoms with E-state index >= 15 is 0 Å². The number of nitrogens with one attached hydrogen (secondary N) is 1. The number of hydrogen-bond donors (Lipinski definition) is 2. The van der Waals surface area contributed by atoms with Crippen LogP contribution < -0.4 is 11.1 Å². The van der Waals surface area contributed by atoms with Gasteiger partial charge in [-0.3, -0.25) is 5.32 Å². The first-order valence-electron chi connectivity index (χ1n) is 19.4. The Morgan fingerprint density at radius 1 is 0.536 bits per heavy atom. The lowest BCUT2D eigenvalue weighted by Crippen LogP contribution is -2.31. The number of rotatable bonds is 8. The molecule has 0 fully saturated rings. The van der Waals surface area contributed by atoms with E-state index in [-0.39, 0.29) is 17.6 Å². The second kappa shape index (κ2) is 13.6. The zero-order chi connectivity index (χ0) is 37.8. The molecule has 1 aromatic heterocycles. The van der Waals surface area contributed by atoms with Gasteiger partial charge in [-0.25, -0.2) is 0 Å². The number of benzene rings is 8. The standard InChI is InChI=1S/C53H42N2O/c1-53(2)46-23-12-22-42(51(46)45-32-37-16-6-7-17-38(37)33-47(45)53)40-19-10-13-34(29-40)25-27-48(55-52(54)35-14-4-3-5-15-35)41-20-11-18-36(30-41)39-26-28-50-44(31-39)43-21-8-9-24-49(43)56-50/h3-33,48,52,55H,54H2,1-2H3/b27-25+. The molecule has 56 heavy (non-hydrogen) atoms. The molecule has 0 spiro atoms. The number of fused-ring (bicyclic) bond motifs is 7. The van der Waals surface area contributed by atoms with Crippen molar-refractivity contribution in [1.82, 2.24) is 5.32 Å². The van der Waals surface area contributed by atoms with Crippen molar-refractivity contribution < 1.29 is 4.42 Å². The average molecular weight is 723 g/mol. The van der Waals surface area contributed by atoms with Crippen LogP contribution in [0.1, 0.15) is 53.9 Å². The maximum atomic E-state index is 6.85. The van der Waals surface area contributed by atoms with Gasteiger partial charge < -0.3 is 10.2 Å². The Morgan fingerprint density at radius 3 is 2.11 bits per heavy atom. The number of nitrogens with two attached hydrogens (primary N) is 1. The average Bonchev–Trinajstić information content (AvgIpc) is 3.73. The molecule has 3 nitrogen and oxygen atoms in total. The molecule has 3 heteroatoms. The fourth-order valence-corrected chi connectivity index (χ4v) is 8.76. The smallest absolute Gasteiger partial charge is 0.135 e. The topological polar surface area (TPSA) is 51.2 Å². The first-order valence-corrected chi connectivity index (χ1v) is 19.4. The Bertz CT molecular complexity index is 2950. The fraction of sp³-hybridized carbons (Fsp3) is 0.0943. The van der Waals surface area contributed by atoms with Crippen LogP contribution in [0.25, 0.3) is 72.2 Å². The van der Waals surface area contributed by atoms with Gasteiger partial charge in [-0.05, 0) is 114 Å². The van der Waals surface area contributed by atoms with E-state index in [0.29, 0.717) is 0 Å². The largest absolute Gasteiger partial charge is 0.456 e. The Balaban J connectivity index is 1.02. The van der Waals surface area contributed by atoms with Gasteiger partial charge in [0.15, 0.2) is 0 Å². The van der Waals surface area contributed by atoms with Crippen LogP contribution in [0.4, 0.5) is 0 Å². The van der Waals surface area contributed by atoms with Crippen molar-refractivity contribution in [3.05, 3.63) is 210 Å². The molecule has 1 aliphatic rings. The van der Waals surface area contributed by atoms with Crippen LogP contribution in [-0.4, -0.2) is 0 Å². The summed E-state index contributed by atoms with van der Waals surface area (Å²) in [6, 6.07) is 62.7. The van der Waals surface area contributed by atoms with Gasteiger partial charge >= 0.3 is 0 Å². The van der Waals surface area contributed by atoms with Crippen LogP contribution in [0.3, 0.4) is 0 Å². The molecule has 3 N–H and O–H groups in total. The summed E-state index contributed by atoms with van der Waals surface area (Å²) in [6.07, 6.45) is 4.11. The lowest BCUT2D eigenvalue weighted by molar-refractivity contribution is 0.509. The van der Waals surface area contributed by atoms with Crippen molar-refractivity contribution in [3.8, 4) is 33.4 Å². The summed E-state index contributed by atoms with van der Waals surface area (Å²) >= 11 is 0. The molecular formula is C53H42N2O. The highest BCUT2D eigenvalue weighted by atomic mass is 16.3. The molecule has 0 aliphatic heterocycles. The Labute approximate surface area is 327 Å². The van der Waals surface area contributed by atoms with E-state index in [1.54, 1.807) is 0 Å².